The Bertz CT molecular complexity index is 75.4. The van der Waals surface area contributed by atoms with E-state index in [1.807, 2.05) is 13.8 Å². The number of hydrogen-bond donors (Lipinski definition) is 2. The Kier molecular flexibility index (Phi) is 6.51. The first-order valence-corrected chi connectivity index (χ1v) is 4.18. The Morgan fingerprint density at radius 3 is 2.36 bits per heavy atom. The molecule has 0 aliphatic heterocycles. The van der Waals surface area contributed by atoms with Crippen molar-refractivity contribution < 1.29 is 14.9 Å². The van der Waals surface area contributed by atoms with Gasteiger partial charge in [0, 0.05) is 13.0 Å². The highest BCUT2D eigenvalue weighted by Gasteiger charge is 2.09. The first kappa shape index (κ1) is 10.9. The van der Waals surface area contributed by atoms with Crippen LogP contribution >= 0.6 is 0 Å². The van der Waals surface area contributed by atoms with Crippen molar-refractivity contribution in [2.45, 2.75) is 45.5 Å². The van der Waals surface area contributed by atoms with Gasteiger partial charge in [-0.1, -0.05) is 13.3 Å². The van der Waals surface area contributed by atoms with Crippen LogP contribution in [0.15, 0.2) is 0 Å². The lowest BCUT2D eigenvalue weighted by atomic mass is 10.1. The lowest BCUT2D eigenvalue weighted by Crippen LogP contribution is -2.20. The molecule has 3 nitrogen and oxygen atoms in total. The maximum atomic E-state index is 9.21. The Morgan fingerprint density at radius 2 is 1.91 bits per heavy atom. The average Bonchev–Trinajstić information content (AvgIpc) is 1.87. The molecular formula is C8H18O3. The van der Waals surface area contributed by atoms with Gasteiger partial charge in [0.1, 0.15) is 0 Å². The van der Waals surface area contributed by atoms with E-state index in [0.717, 1.165) is 12.8 Å². The van der Waals surface area contributed by atoms with Crippen molar-refractivity contribution >= 4 is 0 Å². The quantitative estimate of drug-likeness (QED) is 0.570. The number of rotatable bonds is 6. The van der Waals surface area contributed by atoms with Gasteiger partial charge < -0.3 is 14.9 Å². The summed E-state index contributed by atoms with van der Waals surface area (Å²) in [7, 11) is 0. The Labute approximate surface area is 68.0 Å². The largest absolute Gasteiger partial charge is 0.393 e. The van der Waals surface area contributed by atoms with Crippen LogP contribution in [0, 0.1) is 0 Å². The summed E-state index contributed by atoms with van der Waals surface area (Å²) in [6.45, 7) is 4.30. The van der Waals surface area contributed by atoms with E-state index >= 15 is 0 Å². The molecule has 0 radical (unpaired) electrons. The summed E-state index contributed by atoms with van der Waals surface area (Å²) < 4.78 is 4.85. The van der Waals surface area contributed by atoms with Crippen molar-refractivity contribution in [1.29, 1.82) is 0 Å². The highest BCUT2D eigenvalue weighted by Crippen LogP contribution is 2.05. The molecule has 0 fully saturated rings. The fourth-order valence-corrected chi connectivity index (χ4v) is 0.944. The van der Waals surface area contributed by atoms with E-state index in [1.165, 1.54) is 0 Å². The van der Waals surface area contributed by atoms with Crippen LogP contribution in [-0.4, -0.2) is 29.2 Å². The summed E-state index contributed by atoms with van der Waals surface area (Å²) in [5.41, 5.74) is 0. The number of hydrogen-bond acceptors (Lipinski definition) is 3. The second-order valence-corrected chi connectivity index (χ2v) is 2.59. The van der Waals surface area contributed by atoms with Gasteiger partial charge in [0.2, 0.25) is 0 Å². The molecule has 0 aromatic heterocycles. The third-order valence-corrected chi connectivity index (χ3v) is 1.45. The van der Waals surface area contributed by atoms with Crippen LogP contribution in [0.5, 0.6) is 0 Å². The molecule has 11 heavy (non-hydrogen) atoms. The summed E-state index contributed by atoms with van der Waals surface area (Å²) in [5, 5.41) is 18.3. The standard InChI is InChI=1S/C8H18O3/c1-3-5-7(9)6-8(10)11-4-2/h7-10H,3-6H2,1-2H3. The Morgan fingerprint density at radius 1 is 1.27 bits per heavy atom. The molecule has 68 valence electrons. The van der Waals surface area contributed by atoms with Gasteiger partial charge in [-0.2, -0.15) is 0 Å². The molecule has 2 unspecified atom stereocenters. The van der Waals surface area contributed by atoms with Crippen LogP contribution in [0.25, 0.3) is 0 Å². The highest BCUT2D eigenvalue weighted by molar-refractivity contribution is 4.55. The second kappa shape index (κ2) is 6.58. The summed E-state index contributed by atoms with van der Waals surface area (Å²) >= 11 is 0. The normalized spacial score (nSPS) is 16.4. The van der Waals surface area contributed by atoms with Crippen molar-refractivity contribution in [1.82, 2.24) is 0 Å². The zero-order chi connectivity index (χ0) is 8.69. The van der Waals surface area contributed by atoms with E-state index in [0.29, 0.717) is 13.0 Å². The smallest absolute Gasteiger partial charge is 0.156 e. The third-order valence-electron chi connectivity index (χ3n) is 1.45. The molecule has 0 rings (SSSR count). The highest BCUT2D eigenvalue weighted by atomic mass is 16.6. The predicted molar refractivity (Wildman–Crippen MR) is 43.2 cm³/mol. The fraction of sp³-hybridized carbons (Fsp3) is 1.00. The van der Waals surface area contributed by atoms with Crippen LogP contribution in [0.2, 0.25) is 0 Å². The van der Waals surface area contributed by atoms with E-state index in [1.54, 1.807) is 0 Å². The summed E-state index contributed by atoms with van der Waals surface area (Å²) in [4.78, 5) is 0. The lowest BCUT2D eigenvalue weighted by molar-refractivity contribution is -0.116. The molecule has 0 aromatic carbocycles. The van der Waals surface area contributed by atoms with Crippen molar-refractivity contribution in [3.05, 3.63) is 0 Å². The number of ether oxygens (including phenoxy) is 1. The molecule has 0 aromatic rings. The average molecular weight is 162 g/mol. The van der Waals surface area contributed by atoms with E-state index in [-0.39, 0.29) is 0 Å². The Hall–Kier alpha value is -0.120. The van der Waals surface area contributed by atoms with Crippen LogP contribution < -0.4 is 0 Å². The summed E-state index contributed by atoms with van der Waals surface area (Å²) in [6, 6.07) is 0. The van der Waals surface area contributed by atoms with Gasteiger partial charge in [-0.15, -0.1) is 0 Å². The molecular weight excluding hydrogens is 144 g/mol. The molecule has 2 atom stereocenters. The molecule has 0 saturated heterocycles. The van der Waals surface area contributed by atoms with E-state index in [9.17, 15) is 5.11 Å². The summed E-state index contributed by atoms with van der Waals surface area (Å²) in [6.07, 6.45) is 0.745. The summed E-state index contributed by atoms with van der Waals surface area (Å²) in [5.74, 6) is 0. The van der Waals surface area contributed by atoms with E-state index < -0.39 is 12.4 Å². The van der Waals surface area contributed by atoms with Crippen LogP contribution in [0.1, 0.15) is 33.1 Å². The number of aliphatic hydroxyl groups is 2. The molecule has 0 aliphatic rings. The monoisotopic (exact) mass is 162 g/mol. The number of aliphatic hydroxyl groups excluding tert-OH is 2. The molecule has 0 aliphatic carbocycles. The molecule has 2 N–H and O–H groups in total. The topological polar surface area (TPSA) is 49.7 Å². The Balaban J connectivity index is 3.32. The van der Waals surface area contributed by atoms with Crippen molar-refractivity contribution in [2.24, 2.45) is 0 Å². The molecule has 0 bridgehead atoms. The second-order valence-electron chi connectivity index (χ2n) is 2.59. The SMILES string of the molecule is CCCC(O)CC(O)OCC. The van der Waals surface area contributed by atoms with E-state index in [4.69, 9.17) is 9.84 Å². The molecule has 0 heterocycles. The van der Waals surface area contributed by atoms with Gasteiger partial charge in [-0.05, 0) is 13.3 Å². The maximum Gasteiger partial charge on any atom is 0.156 e. The van der Waals surface area contributed by atoms with Gasteiger partial charge in [0.05, 0.1) is 6.10 Å². The van der Waals surface area contributed by atoms with Crippen molar-refractivity contribution in [2.75, 3.05) is 6.61 Å². The van der Waals surface area contributed by atoms with Crippen LogP contribution in [-0.2, 0) is 4.74 Å². The molecule has 3 heteroatoms. The lowest BCUT2D eigenvalue weighted by Gasteiger charge is -2.14. The fourth-order valence-electron chi connectivity index (χ4n) is 0.944. The van der Waals surface area contributed by atoms with Gasteiger partial charge >= 0.3 is 0 Å². The first-order chi connectivity index (χ1) is 5.20. The molecule has 0 spiro atoms. The maximum absolute atomic E-state index is 9.21. The first-order valence-electron chi connectivity index (χ1n) is 4.18. The van der Waals surface area contributed by atoms with Crippen molar-refractivity contribution in [3.8, 4) is 0 Å². The molecule has 0 saturated carbocycles. The van der Waals surface area contributed by atoms with Gasteiger partial charge in [-0.25, -0.2) is 0 Å². The van der Waals surface area contributed by atoms with E-state index in [2.05, 4.69) is 0 Å². The van der Waals surface area contributed by atoms with Gasteiger partial charge in [0.25, 0.3) is 0 Å². The van der Waals surface area contributed by atoms with Gasteiger partial charge in [-0.3, -0.25) is 0 Å². The zero-order valence-electron chi connectivity index (χ0n) is 7.29. The van der Waals surface area contributed by atoms with Crippen LogP contribution in [0.4, 0.5) is 0 Å². The predicted octanol–water partition coefficient (Wildman–Crippen LogP) is 0.892. The zero-order valence-corrected chi connectivity index (χ0v) is 7.29. The minimum absolute atomic E-state index is 0.321. The third kappa shape index (κ3) is 6.28. The van der Waals surface area contributed by atoms with Crippen LogP contribution in [0.3, 0.4) is 0 Å². The minimum atomic E-state index is -0.804. The van der Waals surface area contributed by atoms with Crippen molar-refractivity contribution in [3.63, 3.8) is 0 Å². The van der Waals surface area contributed by atoms with Gasteiger partial charge in [0.15, 0.2) is 6.29 Å². The molecule has 0 amide bonds. The minimum Gasteiger partial charge on any atom is -0.393 e.